The normalized spacial score (nSPS) is 28.9. The lowest BCUT2D eigenvalue weighted by atomic mass is 10.0. The predicted octanol–water partition coefficient (Wildman–Crippen LogP) is 1.71. The molecule has 0 aromatic carbocycles. The summed E-state index contributed by atoms with van der Waals surface area (Å²) in [7, 11) is 1.45. The minimum atomic E-state index is -4.14. The Morgan fingerprint density at radius 3 is 2.38 bits per heavy atom. The van der Waals surface area contributed by atoms with Crippen LogP contribution in [0, 0.1) is 11.8 Å². The number of alkyl halides is 3. The van der Waals surface area contributed by atoms with Crippen LogP contribution < -0.4 is 5.32 Å². The van der Waals surface area contributed by atoms with Gasteiger partial charge in [-0.25, -0.2) is 0 Å². The first-order valence-corrected chi connectivity index (χ1v) is 4.23. The minimum absolute atomic E-state index is 0.0524. The van der Waals surface area contributed by atoms with Gasteiger partial charge < -0.3 is 5.32 Å². The van der Waals surface area contributed by atoms with Crippen molar-refractivity contribution in [3.05, 3.63) is 0 Å². The Kier molecular flexibility index (Phi) is 2.83. The molecule has 1 fully saturated rings. The molecule has 76 valence electrons. The Morgan fingerprint density at radius 2 is 2.00 bits per heavy atom. The van der Waals surface area contributed by atoms with Crippen LogP contribution in [0.3, 0.4) is 0 Å². The third-order valence-electron chi connectivity index (χ3n) is 2.51. The zero-order valence-corrected chi connectivity index (χ0v) is 7.32. The van der Waals surface area contributed by atoms with Crippen molar-refractivity contribution in [2.75, 3.05) is 7.05 Å². The second kappa shape index (κ2) is 3.55. The summed E-state index contributed by atoms with van der Waals surface area (Å²) in [6.45, 7) is 0. The maximum Gasteiger partial charge on any atom is 0.391 e. The molecule has 5 heteroatoms. The molecular weight excluding hydrogens is 183 g/mol. The highest BCUT2D eigenvalue weighted by Crippen LogP contribution is 2.41. The standard InChI is InChI=1S/C8H12F3NO/c1-12-7(13)5-2-3-6(4-5)8(9,10)11/h5-6H,2-4H2,1H3,(H,12,13). The second-order valence-electron chi connectivity index (χ2n) is 3.36. The third kappa shape index (κ3) is 2.35. The highest BCUT2D eigenvalue weighted by molar-refractivity contribution is 5.78. The predicted molar refractivity (Wildman–Crippen MR) is 41.0 cm³/mol. The van der Waals surface area contributed by atoms with Crippen molar-refractivity contribution >= 4 is 5.91 Å². The van der Waals surface area contributed by atoms with Gasteiger partial charge in [0, 0.05) is 13.0 Å². The number of amides is 1. The van der Waals surface area contributed by atoms with Crippen LogP contribution in [-0.2, 0) is 4.79 Å². The molecule has 2 unspecified atom stereocenters. The van der Waals surface area contributed by atoms with Crippen LogP contribution >= 0.6 is 0 Å². The summed E-state index contributed by atoms with van der Waals surface area (Å²) in [5.74, 6) is -2.00. The van der Waals surface area contributed by atoms with Crippen LogP contribution in [0.1, 0.15) is 19.3 Å². The average molecular weight is 195 g/mol. The first-order valence-electron chi connectivity index (χ1n) is 4.23. The fourth-order valence-corrected chi connectivity index (χ4v) is 1.72. The summed E-state index contributed by atoms with van der Waals surface area (Å²) in [6.07, 6.45) is -3.75. The molecule has 0 saturated heterocycles. The van der Waals surface area contributed by atoms with Crippen molar-refractivity contribution < 1.29 is 18.0 Å². The van der Waals surface area contributed by atoms with E-state index < -0.39 is 18.0 Å². The zero-order valence-electron chi connectivity index (χ0n) is 7.32. The quantitative estimate of drug-likeness (QED) is 0.678. The smallest absolute Gasteiger partial charge is 0.359 e. The molecule has 1 N–H and O–H groups in total. The van der Waals surface area contributed by atoms with Gasteiger partial charge in [0.15, 0.2) is 0 Å². The molecule has 0 bridgehead atoms. The molecule has 13 heavy (non-hydrogen) atoms. The van der Waals surface area contributed by atoms with Crippen LogP contribution in [0.5, 0.6) is 0 Å². The van der Waals surface area contributed by atoms with E-state index in [0.29, 0.717) is 6.42 Å². The monoisotopic (exact) mass is 195 g/mol. The van der Waals surface area contributed by atoms with E-state index in [1.165, 1.54) is 7.05 Å². The lowest BCUT2D eigenvalue weighted by Gasteiger charge is -2.13. The van der Waals surface area contributed by atoms with Crippen LogP contribution in [0.25, 0.3) is 0 Å². The Balaban J connectivity index is 2.50. The molecule has 1 aliphatic rings. The molecule has 0 aliphatic heterocycles. The van der Waals surface area contributed by atoms with Gasteiger partial charge in [0.2, 0.25) is 5.91 Å². The van der Waals surface area contributed by atoms with Crippen LogP contribution in [0.15, 0.2) is 0 Å². The molecule has 2 nitrogen and oxygen atoms in total. The van der Waals surface area contributed by atoms with Crippen LogP contribution in [-0.4, -0.2) is 19.1 Å². The molecule has 0 radical (unpaired) electrons. The van der Waals surface area contributed by atoms with Crippen molar-refractivity contribution in [3.63, 3.8) is 0 Å². The Bertz CT molecular complexity index is 202. The van der Waals surface area contributed by atoms with E-state index in [2.05, 4.69) is 5.32 Å². The lowest BCUT2D eigenvalue weighted by Crippen LogP contribution is -2.27. The van der Waals surface area contributed by atoms with E-state index >= 15 is 0 Å². The molecule has 2 atom stereocenters. The number of carbonyl (C=O) groups is 1. The molecule has 0 heterocycles. The second-order valence-corrected chi connectivity index (χ2v) is 3.36. The first kappa shape index (κ1) is 10.3. The molecule has 1 aliphatic carbocycles. The van der Waals surface area contributed by atoms with Gasteiger partial charge in [-0.2, -0.15) is 13.2 Å². The van der Waals surface area contributed by atoms with Gasteiger partial charge in [-0.1, -0.05) is 0 Å². The van der Waals surface area contributed by atoms with E-state index in [1.54, 1.807) is 0 Å². The van der Waals surface area contributed by atoms with Gasteiger partial charge in [-0.05, 0) is 19.3 Å². The van der Waals surface area contributed by atoms with Gasteiger partial charge in [-0.15, -0.1) is 0 Å². The number of carbonyl (C=O) groups excluding carboxylic acids is 1. The maximum absolute atomic E-state index is 12.2. The Morgan fingerprint density at radius 1 is 1.38 bits per heavy atom. The topological polar surface area (TPSA) is 29.1 Å². The maximum atomic E-state index is 12.2. The zero-order chi connectivity index (χ0) is 10.1. The third-order valence-corrected chi connectivity index (χ3v) is 2.51. The minimum Gasteiger partial charge on any atom is -0.359 e. The number of rotatable bonds is 1. The average Bonchev–Trinajstić information content (AvgIpc) is 2.50. The van der Waals surface area contributed by atoms with E-state index in [0.717, 1.165) is 0 Å². The van der Waals surface area contributed by atoms with Gasteiger partial charge in [-0.3, -0.25) is 4.79 Å². The SMILES string of the molecule is CNC(=O)C1CCC(C(F)(F)F)C1. The van der Waals surface area contributed by atoms with Gasteiger partial charge in [0.25, 0.3) is 0 Å². The molecule has 1 saturated carbocycles. The summed E-state index contributed by atoms with van der Waals surface area (Å²) in [5.41, 5.74) is 0. The van der Waals surface area contributed by atoms with Crippen molar-refractivity contribution in [1.29, 1.82) is 0 Å². The summed E-state index contributed by atoms with van der Waals surface area (Å²) < 4.78 is 36.5. The fraction of sp³-hybridized carbons (Fsp3) is 0.875. The van der Waals surface area contributed by atoms with E-state index in [9.17, 15) is 18.0 Å². The van der Waals surface area contributed by atoms with Gasteiger partial charge >= 0.3 is 6.18 Å². The van der Waals surface area contributed by atoms with E-state index in [-0.39, 0.29) is 18.7 Å². The molecule has 1 amide bonds. The number of hydrogen-bond acceptors (Lipinski definition) is 1. The van der Waals surface area contributed by atoms with E-state index in [4.69, 9.17) is 0 Å². The largest absolute Gasteiger partial charge is 0.391 e. The van der Waals surface area contributed by atoms with Gasteiger partial charge in [0.1, 0.15) is 0 Å². The first-order chi connectivity index (χ1) is 5.95. The molecule has 0 aromatic heterocycles. The van der Waals surface area contributed by atoms with Crippen molar-refractivity contribution in [2.45, 2.75) is 25.4 Å². The molecule has 0 aromatic rings. The van der Waals surface area contributed by atoms with Gasteiger partial charge in [0.05, 0.1) is 5.92 Å². The fourth-order valence-electron chi connectivity index (χ4n) is 1.72. The van der Waals surface area contributed by atoms with Crippen molar-refractivity contribution in [3.8, 4) is 0 Å². The van der Waals surface area contributed by atoms with Crippen molar-refractivity contribution in [2.24, 2.45) is 11.8 Å². The highest BCUT2D eigenvalue weighted by Gasteiger charge is 2.45. The lowest BCUT2D eigenvalue weighted by molar-refractivity contribution is -0.173. The summed E-state index contributed by atoms with van der Waals surface area (Å²) >= 11 is 0. The molecule has 1 rings (SSSR count). The molecule has 0 spiro atoms. The molecular formula is C8H12F3NO. The van der Waals surface area contributed by atoms with Crippen molar-refractivity contribution in [1.82, 2.24) is 5.32 Å². The summed E-state index contributed by atoms with van der Waals surface area (Å²) in [4.78, 5) is 11.0. The number of nitrogens with one attached hydrogen (secondary N) is 1. The van der Waals surface area contributed by atoms with E-state index in [1.807, 2.05) is 0 Å². The summed E-state index contributed by atoms with van der Waals surface area (Å²) in [5, 5.41) is 2.37. The number of halogens is 3. The van der Waals surface area contributed by atoms with Crippen LogP contribution in [0.2, 0.25) is 0 Å². The Hall–Kier alpha value is -0.740. The highest BCUT2D eigenvalue weighted by atomic mass is 19.4. The number of hydrogen-bond donors (Lipinski definition) is 1. The Labute approximate surface area is 74.5 Å². The van der Waals surface area contributed by atoms with Crippen LogP contribution in [0.4, 0.5) is 13.2 Å². The summed E-state index contributed by atoms with van der Waals surface area (Å²) in [6, 6.07) is 0.